The van der Waals surface area contributed by atoms with Crippen molar-refractivity contribution >= 4 is 23.4 Å². The van der Waals surface area contributed by atoms with Crippen LogP contribution in [0.1, 0.15) is 38.2 Å². The SMILES string of the molecule is CC(=O)Nc1ccc(CNC(=O)CN2CCN(C3CCCC3)C(=O)C2)cc1. The summed E-state index contributed by atoms with van der Waals surface area (Å²) in [6, 6.07) is 7.77. The lowest BCUT2D eigenvalue weighted by Crippen LogP contribution is -2.55. The zero-order chi connectivity index (χ0) is 19.2. The van der Waals surface area contributed by atoms with Crippen LogP contribution in [0.15, 0.2) is 24.3 Å². The molecule has 0 aromatic heterocycles. The normalized spacial score (nSPS) is 18.6. The van der Waals surface area contributed by atoms with Gasteiger partial charge >= 0.3 is 0 Å². The van der Waals surface area contributed by atoms with Gasteiger partial charge in [-0.1, -0.05) is 25.0 Å². The van der Waals surface area contributed by atoms with Crippen LogP contribution in [0.2, 0.25) is 0 Å². The third-order valence-electron chi connectivity index (χ3n) is 5.23. The van der Waals surface area contributed by atoms with Crippen molar-refractivity contribution in [3.63, 3.8) is 0 Å². The van der Waals surface area contributed by atoms with Gasteiger partial charge in [-0.2, -0.15) is 0 Å². The van der Waals surface area contributed by atoms with Crippen molar-refractivity contribution < 1.29 is 14.4 Å². The van der Waals surface area contributed by atoms with E-state index in [1.54, 1.807) is 0 Å². The first-order valence-corrected chi connectivity index (χ1v) is 9.66. The van der Waals surface area contributed by atoms with Crippen LogP contribution in [0.4, 0.5) is 5.69 Å². The van der Waals surface area contributed by atoms with E-state index in [9.17, 15) is 14.4 Å². The van der Waals surface area contributed by atoms with Crippen LogP contribution in [0.5, 0.6) is 0 Å². The Morgan fingerprint density at radius 3 is 2.44 bits per heavy atom. The molecule has 1 saturated carbocycles. The summed E-state index contributed by atoms with van der Waals surface area (Å²) in [5, 5.41) is 5.60. The molecule has 1 aliphatic heterocycles. The Hall–Kier alpha value is -2.41. The molecule has 7 heteroatoms. The van der Waals surface area contributed by atoms with Crippen LogP contribution >= 0.6 is 0 Å². The van der Waals surface area contributed by atoms with Crippen LogP contribution in [-0.4, -0.2) is 59.7 Å². The Morgan fingerprint density at radius 2 is 1.81 bits per heavy atom. The Balaban J connectivity index is 1.40. The van der Waals surface area contributed by atoms with E-state index in [0.717, 1.165) is 37.2 Å². The summed E-state index contributed by atoms with van der Waals surface area (Å²) in [5.41, 5.74) is 1.69. The maximum Gasteiger partial charge on any atom is 0.237 e. The minimum absolute atomic E-state index is 0.0805. The number of amides is 3. The fourth-order valence-corrected chi connectivity index (χ4v) is 3.84. The molecule has 1 aromatic carbocycles. The van der Waals surface area contributed by atoms with Crippen LogP contribution in [0, 0.1) is 0 Å². The number of carbonyl (C=O) groups is 3. The first kappa shape index (κ1) is 19.4. The third kappa shape index (κ3) is 5.53. The number of carbonyl (C=O) groups excluding carboxylic acids is 3. The topological polar surface area (TPSA) is 81.8 Å². The van der Waals surface area contributed by atoms with Crippen LogP contribution in [0.3, 0.4) is 0 Å². The molecule has 2 aliphatic rings. The molecule has 7 nitrogen and oxygen atoms in total. The van der Waals surface area contributed by atoms with Gasteiger partial charge in [-0.05, 0) is 30.5 Å². The predicted molar refractivity (Wildman–Crippen MR) is 103 cm³/mol. The summed E-state index contributed by atoms with van der Waals surface area (Å²) in [4.78, 5) is 39.5. The molecule has 1 saturated heterocycles. The summed E-state index contributed by atoms with van der Waals surface area (Å²) in [5.74, 6) is -0.0452. The molecule has 0 radical (unpaired) electrons. The van der Waals surface area contributed by atoms with E-state index < -0.39 is 0 Å². The fraction of sp³-hybridized carbons (Fsp3) is 0.550. The minimum atomic E-state index is -0.112. The van der Waals surface area contributed by atoms with E-state index in [0.29, 0.717) is 19.1 Å². The zero-order valence-corrected chi connectivity index (χ0v) is 15.9. The Kier molecular flexibility index (Phi) is 6.45. The molecule has 1 aromatic rings. The van der Waals surface area contributed by atoms with Gasteiger partial charge in [-0.15, -0.1) is 0 Å². The predicted octanol–water partition coefficient (Wildman–Crippen LogP) is 1.35. The third-order valence-corrected chi connectivity index (χ3v) is 5.23. The minimum Gasteiger partial charge on any atom is -0.351 e. The molecule has 0 unspecified atom stereocenters. The quantitative estimate of drug-likeness (QED) is 0.790. The van der Waals surface area contributed by atoms with E-state index in [1.807, 2.05) is 34.1 Å². The van der Waals surface area contributed by atoms with Crippen molar-refractivity contribution in [3.05, 3.63) is 29.8 Å². The zero-order valence-electron chi connectivity index (χ0n) is 15.9. The fourth-order valence-electron chi connectivity index (χ4n) is 3.84. The number of hydrogen-bond donors (Lipinski definition) is 2. The number of nitrogens with one attached hydrogen (secondary N) is 2. The molecule has 1 heterocycles. The van der Waals surface area contributed by atoms with Gasteiger partial charge < -0.3 is 15.5 Å². The lowest BCUT2D eigenvalue weighted by atomic mass is 10.1. The van der Waals surface area contributed by atoms with E-state index in [2.05, 4.69) is 10.6 Å². The van der Waals surface area contributed by atoms with Gasteiger partial charge in [0.1, 0.15) is 0 Å². The lowest BCUT2D eigenvalue weighted by molar-refractivity contribution is -0.139. The summed E-state index contributed by atoms with van der Waals surface area (Å²) >= 11 is 0. The highest BCUT2D eigenvalue weighted by Crippen LogP contribution is 2.24. The molecular weight excluding hydrogens is 344 g/mol. The Labute approximate surface area is 160 Å². The molecule has 27 heavy (non-hydrogen) atoms. The van der Waals surface area contributed by atoms with Gasteiger partial charge in [0.25, 0.3) is 0 Å². The van der Waals surface area contributed by atoms with Crippen LogP contribution in [0.25, 0.3) is 0 Å². The maximum atomic E-state index is 12.4. The van der Waals surface area contributed by atoms with Crippen molar-refractivity contribution in [2.45, 2.75) is 45.2 Å². The molecular formula is C20H28N4O3. The molecule has 146 valence electrons. The largest absolute Gasteiger partial charge is 0.351 e. The second kappa shape index (κ2) is 8.99. The van der Waals surface area contributed by atoms with Crippen molar-refractivity contribution in [2.24, 2.45) is 0 Å². The number of anilines is 1. The average molecular weight is 372 g/mol. The molecule has 0 atom stereocenters. The number of hydrogen-bond acceptors (Lipinski definition) is 4. The lowest BCUT2D eigenvalue weighted by Gasteiger charge is -2.37. The van der Waals surface area contributed by atoms with Crippen molar-refractivity contribution in [2.75, 3.05) is 31.5 Å². The first-order chi connectivity index (χ1) is 13.0. The van der Waals surface area contributed by atoms with E-state index >= 15 is 0 Å². The number of nitrogens with zero attached hydrogens (tertiary/aromatic N) is 2. The van der Waals surface area contributed by atoms with Gasteiger partial charge in [-0.3, -0.25) is 19.3 Å². The summed E-state index contributed by atoms with van der Waals surface area (Å²) in [7, 11) is 0. The van der Waals surface area contributed by atoms with Gasteiger partial charge in [0.2, 0.25) is 17.7 Å². The summed E-state index contributed by atoms with van der Waals surface area (Å²) < 4.78 is 0. The highest BCUT2D eigenvalue weighted by Gasteiger charge is 2.31. The van der Waals surface area contributed by atoms with E-state index in [4.69, 9.17) is 0 Å². The van der Waals surface area contributed by atoms with Crippen molar-refractivity contribution in [3.8, 4) is 0 Å². The molecule has 3 rings (SSSR count). The second-order valence-electron chi connectivity index (χ2n) is 7.39. The molecule has 3 amide bonds. The number of piperazine rings is 1. The highest BCUT2D eigenvalue weighted by atomic mass is 16.2. The van der Waals surface area contributed by atoms with Crippen LogP contribution in [-0.2, 0) is 20.9 Å². The average Bonchev–Trinajstić information content (AvgIpc) is 3.15. The summed E-state index contributed by atoms with van der Waals surface area (Å²) in [6.45, 7) is 3.94. The number of rotatable bonds is 6. The van der Waals surface area contributed by atoms with Gasteiger partial charge in [0, 0.05) is 38.3 Å². The summed E-state index contributed by atoms with van der Waals surface area (Å²) in [6.07, 6.45) is 4.67. The Morgan fingerprint density at radius 1 is 1.11 bits per heavy atom. The van der Waals surface area contributed by atoms with Gasteiger partial charge in [0.05, 0.1) is 13.1 Å². The smallest absolute Gasteiger partial charge is 0.237 e. The van der Waals surface area contributed by atoms with E-state index in [1.165, 1.54) is 19.8 Å². The molecule has 2 fully saturated rings. The first-order valence-electron chi connectivity index (χ1n) is 9.66. The van der Waals surface area contributed by atoms with Crippen molar-refractivity contribution in [1.82, 2.24) is 15.1 Å². The Bertz CT molecular complexity index is 683. The standard InChI is InChI=1S/C20H28N4O3/c1-15(25)22-17-8-6-16(7-9-17)12-21-19(26)13-23-10-11-24(20(27)14-23)18-4-2-3-5-18/h6-9,18H,2-5,10-14H2,1H3,(H,21,26)(H,22,25). The maximum absolute atomic E-state index is 12.4. The second-order valence-corrected chi connectivity index (χ2v) is 7.39. The van der Waals surface area contributed by atoms with Gasteiger partial charge in [0.15, 0.2) is 0 Å². The molecule has 0 spiro atoms. The highest BCUT2D eigenvalue weighted by molar-refractivity contribution is 5.88. The van der Waals surface area contributed by atoms with Crippen LogP contribution < -0.4 is 10.6 Å². The van der Waals surface area contributed by atoms with E-state index in [-0.39, 0.29) is 24.3 Å². The van der Waals surface area contributed by atoms with Gasteiger partial charge in [-0.25, -0.2) is 0 Å². The molecule has 0 bridgehead atoms. The van der Waals surface area contributed by atoms with Crippen molar-refractivity contribution in [1.29, 1.82) is 0 Å². The monoisotopic (exact) mass is 372 g/mol. The molecule has 2 N–H and O–H groups in total. The number of benzene rings is 1. The molecule has 1 aliphatic carbocycles.